The summed E-state index contributed by atoms with van der Waals surface area (Å²) < 4.78 is 5.44. The lowest BCUT2D eigenvalue weighted by Crippen LogP contribution is -2.53. The Balaban J connectivity index is 2.00. The van der Waals surface area contributed by atoms with E-state index >= 15 is 0 Å². The molecule has 0 spiro atoms. The summed E-state index contributed by atoms with van der Waals surface area (Å²) in [6, 6.07) is 5.92. The van der Waals surface area contributed by atoms with Gasteiger partial charge >= 0.3 is 0 Å². The lowest BCUT2D eigenvalue weighted by Gasteiger charge is -2.42. The van der Waals surface area contributed by atoms with Crippen molar-refractivity contribution in [3.05, 3.63) is 29.3 Å². The molecule has 0 unspecified atom stereocenters. The molecule has 0 atom stereocenters. The van der Waals surface area contributed by atoms with Crippen LogP contribution in [0.15, 0.2) is 18.2 Å². The smallest absolute Gasteiger partial charge is 0.123 e. The second-order valence-corrected chi connectivity index (χ2v) is 6.74. The largest absolute Gasteiger partial charge is 0.496 e. The predicted octanol–water partition coefficient (Wildman–Crippen LogP) is 2.10. The standard InChI is InChI=1S/C17H28N2O2/c1-17(2,3)19-9-7-18(8-10-19)12-15-11-14(13-20)5-6-16(15)21-4/h5-6,11,20H,7-10,12-13H2,1-4H3. The molecule has 1 aliphatic heterocycles. The van der Waals surface area contributed by atoms with Gasteiger partial charge in [0.2, 0.25) is 0 Å². The second-order valence-electron chi connectivity index (χ2n) is 6.74. The average molecular weight is 292 g/mol. The molecule has 1 fully saturated rings. The van der Waals surface area contributed by atoms with E-state index in [2.05, 4.69) is 36.6 Å². The molecule has 1 saturated heterocycles. The molecule has 0 bridgehead atoms. The Morgan fingerprint density at radius 1 is 1.14 bits per heavy atom. The van der Waals surface area contributed by atoms with E-state index in [0.717, 1.165) is 49.6 Å². The van der Waals surface area contributed by atoms with Crippen LogP contribution in [0.4, 0.5) is 0 Å². The van der Waals surface area contributed by atoms with E-state index in [4.69, 9.17) is 4.74 Å². The third-order valence-corrected chi connectivity index (χ3v) is 4.24. The minimum absolute atomic E-state index is 0.0782. The number of rotatable bonds is 4. The fourth-order valence-corrected chi connectivity index (χ4v) is 2.87. The first-order valence-corrected chi connectivity index (χ1v) is 7.68. The Labute approximate surface area is 128 Å². The lowest BCUT2D eigenvalue weighted by atomic mass is 10.0. The zero-order chi connectivity index (χ0) is 15.5. The number of methoxy groups -OCH3 is 1. The van der Waals surface area contributed by atoms with Crippen LogP contribution in [0.1, 0.15) is 31.9 Å². The van der Waals surface area contributed by atoms with Crippen LogP contribution in [0, 0.1) is 0 Å². The predicted molar refractivity (Wildman–Crippen MR) is 85.5 cm³/mol. The first-order chi connectivity index (χ1) is 9.94. The van der Waals surface area contributed by atoms with Crippen molar-refractivity contribution in [2.75, 3.05) is 33.3 Å². The fraction of sp³-hybridized carbons (Fsp3) is 0.647. The Morgan fingerprint density at radius 2 is 1.81 bits per heavy atom. The minimum Gasteiger partial charge on any atom is -0.496 e. The third-order valence-electron chi connectivity index (χ3n) is 4.24. The van der Waals surface area contributed by atoms with Crippen LogP contribution in [0.3, 0.4) is 0 Å². The first-order valence-electron chi connectivity index (χ1n) is 7.68. The number of aliphatic hydroxyl groups excluding tert-OH is 1. The van der Waals surface area contributed by atoms with Crippen molar-refractivity contribution in [3.8, 4) is 5.75 Å². The maximum atomic E-state index is 9.29. The molecule has 0 amide bonds. The molecule has 4 nitrogen and oxygen atoms in total. The highest BCUT2D eigenvalue weighted by molar-refractivity contribution is 5.37. The highest BCUT2D eigenvalue weighted by Crippen LogP contribution is 2.23. The number of piperazine rings is 1. The van der Waals surface area contributed by atoms with Crippen LogP contribution < -0.4 is 4.74 Å². The number of ether oxygens (including phenoxy) is 1. The van der Waals surface area contributed by atoms with Crippen LogP contribution in [0.2, 0.25) is 0 Å². The summed E-state index contributed by atoms with van der Waals surface area (Å²) in [5, 5.41) is 9.29. The van der Waals surface area contributed by atoms with E-state index in [-0.39, 0.29) is 12.1 Å². The zero-order valence-corrected chi connectivity index (χ0v) is 13.7. The van der Waals surface area contributed by atoms with Gasteiger partial charge in [0.05, 0.1) is 13.7 Å². The van der Waals surface area contributed by atoms with Gasteiger partial charge in [0.15, 0.2) is 0 Å². The normalized spacial score (nSPS) is 18.0. The average Bonchev–Trinajstić information content (AvgIpc) is 2.46. The molecule has 1 heterocycles. The molecular weight excluding hydrogens is 264 g/mol. The number of hydrogen-bond acceptors (Lipinski definition) is 4. The Morgan fingerprint density at radius 3 is 2.33 bits per heavy atom. The molecule has 0 aromatic heterocycles. The van der Waals surface area contributed by atoms with Crippen LogP contribution in [-0.4, -0.2) is 53.7 Å². The van der Waals surface area contributed by atoms with Gasteiger partial charge in [-0.2, -0.15) is 0 Å². The molecule has 118 valence electrons. The van der Waals surface area contributed by atoms with Gasteiger partial charge in [-0.25, -0.2) is 0 Å². The van der Waals surface area contributed by atoms with Crippen LogP contribution in [0.25, 0.3) is 0 Å². The highest BCUT2D eigenvalue weighted by Gasteiger charge is 2.26. The Kier molecular flexibility index (Phi) is 5.25. The molecular formula is C17H28N2O2. The summed E-state index contributed by atoms with van der Waals surface area (Å²) in [6.45, 7) is 12.1. The molecule has 0 radical (unpaired) electrons. The second kappa shape index (κ2) is 6.77. The highest BCUT2D eigenvalue weighted by atomic mass is 16.5. The van der Waals surface area contributed by atoms with Gasteiger partial charge in [0, 0.05) is 43.8 Å². The van der Waals surface area contributed by atoms with Gasteiger partial charge in [0.25, 0.3) is 0 Å². The van der Waals surface area contributed by atoms with Crippen molar-refractivity contribution in [3.63, 3.8) is 0 Å². The maximum absolute atomic E-state index is 9.29. The van der Waals surface area contributed by atoms with Gasteiger partial charge in [-0.05, 0) is 38.5 Å². The molecule has 4 heteroatoms. The number of aliphatic hydroxyl groups is 1. The molecule has 0 aliphatic carbocycles. The van der Waals surface area contributed by atoms with E-state index in [1.54, 1.807) is 7.11 Å². The molecule has 1 aromatic rings. The number of nitrogens with zero attached hydrogens (tertiary/aromatic N) is 2. The summed E-state index contributed by atoms with van der Waals surface area (Å²) >= 11 is 0. The zero-order valence-electron chi connectivity index (χ0n) is 13.7. The number of benzene rings is 1. The van der Waals surface area contributed by atoms with Crippen molar-refractivity contribution < 1.29 is 9.84 Å². The maximum Gasteiger partial charge on any atom is 0.123 e. The van der Waals surface area contributed by atoms with Crippen molar-refractivity contribution in [1.29, 1.82) is 0 Å². The van der Waals surface area contributed by atoms with Crippen LogP contribution in [0.5, 0.6) is 5.75 Å². The minimum atomic E-state index is 0.0782. The van der Waals surface area contributed by atoms with Crippen LogP contribution in [-0.2, 0) is 13.2 Å². The molecule has 0 saturated carbocycles. The monoisotopic (exact) mass is 292 g/mol. The lowest BCUT2D eigenvalue weighted by molar-refractivity contribution is 0.0587. The van der Waals surface area contributed by atoms with Crippen molar-refractivity contribution in [1.82, 2.24) is 9.80 Å². The summed E-state index contributed by atoms with van der Waals surface area (Å²) in [5.41, 5.74) is 2.35. The SMILES string of the molecule is COc1ccc(CO)cc1CN1CCN(C(C)(C)C)CC1. The molecule has 1 aliphatic rings. The van der Waals surface area contributed by atoms with E-state index in [1.807, 2.05) is 12.1 Å². The van der Waals surface area contributed by atoms with Gasteiger partial charge in [-0.3, -0.25) is 9.80 Å². The molecule has 1 N–H and O–H groups in total. The number of hydrogen-bond donors (Lipinski definition) is 1. The van der Waals surface area contributed by atoms with Gasteiger partial charge in [-0.15, -0.1) is 0 Å². The topological polar surface area (TPSA) is 35.9 Å². The van der Waals surface area contributed by atoms with Crippen LogP contribution >= 0.6 is 0 Å². The van der Waals surface area contributed by atoms with E-state index in [0.29, 0.717) is 0 Å². The van der Waals surface area contributed by atoms with Gasteiger partial charge < -0.3 is 9.84 Å². The first kappa shape index (κ1) is 16.3. The van der Waals surface area contributed by atoms with Gasteiger partial charge in [-0.1, -0.05) is 6.07 Å². The molecule has 21 heavy (non-hydrogen) atoms. The van der Waals surface area contributed by atoms with Crippen molar-refractivity contribution in [2.45, 2.75) is 39.5 Å². The summed E-state index contributed by atoms with van der Waals surface area (Å²) in [5.74, 6) is 0.908. The Hall–Kier alpha value is -1.10. The fourth-order valence-electron chi connectivity index (χ4n) is 2.87. The van der Waals surface area contributed by atoms with E-state index in [9.17, 15) is 5.11 Å². The van der Waals surface area contributed by atoms with Crippen molar-refractivity contribution in [2.24, 2.45) is 0 Å². The van der Waals surface area contributed by atoms with Gasteiger partial charge in [0.1, 0.15) is 5.75 Å². The van der Waals surface area contributed by atoms with Crippen molar-refractivity contribution >= 4 is 0 Å². The molecule has 2 rings (SSSR count). The molecule has 1 aromatic carbocycles. The third kappa shape index (κ3) is 4.19. The quantitative estimate of drug-likeness (QED) is 0.922. The van der Waals surface area contributed by atoms with E-state index in [1.165, 1.54) is 0 Å². The Bertz CT molecular complexity index is 460. The summed E-state index contributed by atoms with van der Waals surface area (Å²) in [4.78, 5) is 4.99. The summed E-state index contributed by atoms with van der Waals surface area (Å²) in [7, 11) is 1.70. The summed E-state index contributed by atoms with van der Waals surface area (Å²) in [6.07, 6.45) is 0. The van der Waals surface area contributed by atoms with E-state index < -0.39 is 0 Å².